The molecule has 0 saturated carbocycles. The standard InChI is InChI=1S/C18H15ClN4S/c1-10-15-16(11-6-2-3-7-12(11)19)24-18(20)23-17(15)22-14-9-5-4-8-13(14)21-10/h2-9,16,21H,1H3,(H2,20,22,23). The van der Waals surface area contributed by atoms with Gasteiger partial charge in [0.2, 0.25) is 0 Å². The third-order valence-electron chi connectivity index (χ3n) is 4.00. The highest BCUT2D eigenvalue weighted by Gasteiger charge is 2.32. The molecule has 1 atom stereocenters. The molecule has 0 saturated heterocycles. The predicted octanol–water partition coefficient (Wildman–Crippen LogP) is 4.87. The van der Waals surface area contributed by atoms with Crippen molar-refractivity contribution in [3.63, 3.8) is 0 Å². The number of fused-ring (bicyclic) bond motifs is 2. The number of amidine groups is 2. The van der Waals surface area contributed by atoms with Crippen molar-refractivity contribution < 1.29 is 0 Å². The molecule has 120 valence electrons. The first kappa shape index (κ1) is 15.3. The highest BCUT2D eigenvalue weighted by Crippen LogP contribution is 2.45. The Hall–Kier alpha value is -2.24. The monoisotopic (exact) mass is 354 g/mol. The van der Waals surface area contributed by atoms with Crippen molar-refractivity contribution in [2.45, 2.75) is 12.2 Å². The van der Waals surface area contributed by atoms with Crippen molar-refractivity contribution in [2.24, 2.45) is 15.7 Å². The van der Waals surface area contributed by atoms with Crippen molar-refractivity contribution in [2.75, 3.05) is 5.32 Å². The average molecular weight is 355 g/mol. The molecule has 6 heteroatoms. The highest BCUT2D eigenvalue weighted by molar-refractivity contribution is 8.14. The van der Waals surface area contributed by atoms with Crippen molar-refractivity contribution >= 4 is 45.7 Å². The van der Waals surface area contributed by atoms with Gasteiger partial charge in [0.05, 0.1) is 16.6 Å². The molecule has 0 aromatic heterocycles. The summed E-state index contributed by atoms with van der Waals surface area (Å²) in [7, 11) is 0. The fourth-order valence-electron chi connectivity index (χ4n) is 2.90. The van der Waals surface area contributed by atoms with E-state index in [1.807, 2.05) is 55.5 Å². The lowest BCUT2D eigenvalue weighted by atomic mass is 10.0. The van der Waals surface area contributed by atoms with Crippen LogP contribution in [-0.2, 0) is 0 Å². The molecule has 0 fully saturated rings. The maximum atomic E-state index is 6.44. The lowest BCUT2D eigenvalue weighted by Gasteiger charge is -2.26. The number of hydrogen-bond acceptors (Lipinski definition) is 5. The van der Waals surface area contributed by atoms with Gasteiger partial charge in [0, 0.05) is 16.3 Å². The van der Waals surface area contributed by atoms with Crippen LogP contribution in [0.2, 0.25) is 5.02 Å². The van der Waals surface area contributed by atoms with Crippen LogP contribution in [0, 0.1) is 0 Å². The van der Waals surface area contributed by atoms with E-state index in [1.54, 1.807) is 0 Å². The molecule has 2 aliphatic heterocycles. The number of nitrogens with one attached hydrogen (secondary N) is 1. The van der Waals surface area contributed by atoms with Crippen LogP contribution in [0.1, 0.15) is 17.7 Å². The zero-order chi connectivity index (χ0) is 16.7. The summed E-state index contributed by atoms with van der Waals surface area (Å²) in [6, 6.07) is 15.7. The van der Waals surface area contributed by atoms with Gasteiger partial charge < -0.3 is 11.1 Å². The second-order valence-electron chi connectivity index (χ2n) is 5.59. The first-order valence-corrected chi connectivity index (χ1v) is 8.80. The van der Waals surface area contributed by atoms with Gasteiger partial charge in [-0.2, -0.15) is 0 Å². The number of para-hydroxylation sites is 2. The highest BCUT2D eigenvalue weighted by atomic mass is 35.5. The van der Waals surface area contributed by atoms with Crippen LogP contribution >= 0.6 is 23.4 Å². The Morgan fingerprint density at radius 3 is 2.67 bits per heavy atom. The Bertz CT molecular complexity index is 917. The molecule has 1 unspecified atom stereocenters. The molecule has 4 rings (SSSR count). The zero-order valence-electron chi connectivity index (χ0n) is 13.0. The summed E-state index contributed by atoms with van der Waals surface area (Å²) in [6.07, 6.45) is 0. The van der Waals surface area contributed by atoms with E-state index >= 15 is 0 Å². The quantitative estimate of drug-likeness (QED) is 0.767. The summed E-state index contributed by atoms with van der Waals surface area (Å²) in [5.74, 6) is 0.645. The van der Waals surface area contributed by atoms with E-state index in [4.69, 9.17) is 22.3 Å². The Morgan fingerprint density at radius 1 is 1.08 bits per heavy atom. The summed E-state index contributed by atoms with van der Waals surface area (Å²) >= 11 is 7.93. The van der Waals surface area contributed by atoms with Gasteiger partial charge in [-0.15, -0.1) is 0 Å². The van der Waals surface area contributed by atoms with Crippen LogP contribution in [0.5, 0.6) is 0 Å². The van der Waals surface area contributed by atoms with Crippen molar-refractivity contribution in [3.05, 3.63) is 70.4 Å². The smallest absolute Gasteiger partial charge is 0.161 e. The van der Waals surface area contributed by atoms with Gasteiger partial charge in [-0.05, 0) is 30.7 Å². The fraction of sp³-hybridized carbons (Fsp3) is 0.111. The lowest BCUT2D eigenvalue weighted by Crippen LogP contribution is -2.23. The number of hydrogen-bond donors (Lipinski definition) is 2. The summed E-state index contributed by atoms with van der Waals surface area (Å²) < 4.78 is 0. The largest absolute Gasteiger partial charge is 0.378 e. The fourth-order valence-corrected chi connectivity index (χ4v) is 4.33. The van der Waals surface area contributed by atoms with E-state index in [2.05, 4.69) is 10.3 Å². The summed E-state index contributed by atoms with van der Waals surface area (Å²) in [6.45, 7) is 2.04. The van der Waals surface area contributed by atoms with Crippen LogP contribution in [0.25, 0.3) is 0 Å². The van der Waals surface area contributed by atoms with Gasteiger partial charge in [-0.25, -0.2) is 9.98 Å². The maximum absolute atomic E-state index is 6.44. The SMILES string of the molecule is CC1=C2C(=Nc3ccccc3N1)N=C(N)SC2c1ccccc1Cl. The Balaban J connectivity index is 1.92. The molecule has 2 aromatic rings. The van der Waals surface area contributed by atoms with E-state index in [9.17, 15) is 0 Å². The van der Waals surface area contributed by atoms with Crippen molar-refractivity contribution in [1.82, 2.24) is 0 Å². The molecule has 0 aliphatic carbocycles. The van der Waals surface area contributed by atoms with Crippen molar-refractivity contribution in [1.29, 1.82) is 0 Å². The number of halogens is 1. The van der Waals surface area contributed by atoms with Gasteiger partial charge in [0.1, 0.15) is 0 Å². The van der Waals surface area contributed by atoms with E-state index in [0.29, 0.717) is 16.0 Å². The van der Waals surface area contributed by atoms with Crippen LogP contribution in [0.4, 0.5) is 11.4 Å². The number of rotatable bonds is 1. The molecule has 24 heavy (non-hydrogen) atoms. The van der Waals surface area contributed by atoms with E-state index < -0.39 is 0 Å². The minimum atomic E-state index is -0.0447. The minimum absolute atomic E-state index is 0.0447. The molecule has 2 aromatic carbocycles. The predicted molar refractivity (Wildman–Crippen MR) is 103 cm³/mol. The Labute approximate surface area is 149 Å². The number of nitrogens with zero attached hydrogens (tertiary/aromatic N) is 2. The molecular formula is C18H15ClN4S. The first-order valence-electron chi connectivity index (χ1n) is 7.54. The van der Waals surface area contributed by atoms with Gasteiger partial charge >= 0.3 is 0 Å². The van der Waals surface area contributed by atoms with E-state index in [0.717, 1.165) is 28.2 Å². The molecule has 2 aliphatic rings. The molecule has 0 spiro atoms. The third kappa shape index (κ3) is 2.60. The van der Waals surface area contributed by atoms with Crippen LogP contribution in [0.3, 0.4) is 0 Å². The molecular weight excluding hydrogens is 340 g/mol. The normalized spacial score (nSPS) is 19.5. The number of aliphatic imine (C=N–C) groups is 2. The first-order chi connectivity index (χ1) is 11.6. The lowest BCUT2D eigenvalue weighted by molar-refractivity contribution is 1.13. The number of allylic oxidation sites excluding steroid dienone is 1. The number of anilines is 1. The van der Waals surface area contributed by atoms with Gasteiger partial charge in [0.15, 0.2) is 11.0 Å². The van der Waals surface area contributed by atoms with Gasteiger partial charge in [-0.3, -0.25) is 0 Å². The second kappa shape index (κ2) is 6.00. The molecule has 0 bridgehead atoms. The molecule has 2 heterocycles. The van der Waals surface area contributed by atoms with Crippen molar-refractivity contribution in [3.8, 4) is 0 Å². The second-order valence-corrected chi connectivity index (χ2v) is 7.12. The molecule has 0 amide bonds. The van der Waals surface area contributed by atoms with Crippen LogP contribution < -0.4 is 11.1 Å². The summed E-state index contributed by atoms with van der Waals surface area (Å²) in [5.41, 5.74) is 10.9. The minimum Gasteiger partial charge on any atom is -0.378 e. The Kier molecular flexibility index (Phi) is 3.82. The van der Waals surface area contributed by atoms with Crippen LogP contribution in [0.15, 0.2) is 69.8 Å². The number of thioether (sulfide) groups is 1. The number of nitrogens with two attached hydrogens (primary N) is 1. The Morgan fingerprint density at radius 2 is 1.83 bits per heavy atom. The van der Waals surface area contributed by atoms with Crippen LogP contribution in [-0.4, -0.2) is 11.0 Å². The zero-order valence-corrected chi connectivity index (χ0v) is 14.5. The maximum Gasteiger partial charge on any atom is 0.161 e. The summed E-state index contributed by atoms with van der Waals surface area (Å²) in [4.78, 5) is 9.23. The topological polar surface area (TPSA) is 62.8 Å². The van der Waals surface area contributed by atoms with Gasteiger partial charge in [0.25, 0.3) is 0 Å². The summed E-state index contributed by atoms with van der Waals surface area (Å²) in [5, 5.41) is 4.62. The van der Waals surface area contributed by atoms with Gasteiger partial charge in [-0.1, -0.05) is 53.7 Å². The third-order valence-corrected chi connectivity index (χ3v) is 5.40. The molecule has 0 radical (unpaired) electrons. The molecule has 4 nitrogen and oxygen atoms in total. The number of benzene rings is 2. The average Bonchev–Trinajstić information content (AvgIpc) is 2.70. The molecule has 3 N–H and O–H groups in total. The van der Waals surface area contributed by atoms with E-state index in [1.165, 1.54) is 11.8 Å². The van der Waals surface area contributed by atoms with E-state index in [-0.39, 0.29) is 5.25 Å².